The van der Waals surface area contributed by atoms with Gasteiger partial charge in [-0.2, -0.15) is 0 Å². The van der Waals surface area contributed by atoms with Gasteiger partial charge in [-0.15, -0.1) is 0 Å². The van der Waals surface area contributed by atoms with Crippen LogP contribution in [0.15, 0.2) is 16.7 Å². The van der Waals surface area contributed by atoms with E-state index in [9.17, 15) is 4.79 Å². The lowest BCUT2D eigenvalue weighted by Crippen LogP contribution is -2.44. The second kappa shape index (κ2) is 6.78. The molecule has 102 valence electrons. The number of ether oxygens (including phenoxy) is 1. The maximum Gasteiger partial charge on any atom is 0.305 e. The lowest BCUT2D eigenvalue weighted by atomic mass is 10.2. The Balaban J connectivity index is 2.75. The zero-order valence-electron chi connectivity index (χ0n) is 11.9. The first-order valence-corrected chi connectivity index (χ1v) is 9.38. The maximum atomic E-state index is 11.1. The normalized spacial score (nSPS) is 11.6. The number of hydrogen-bond donors (Lipinski definition) is 0. The summed E-state index contributed by atoms with van der Waals surface area (Å²) in [6.07, 6.45) is 2.94. The van der Waals surface area contributed by atoms with Crippen LogP contribution in [0.5, 0.6) is 0 Å². The van der Waals surface area contributed by atoms with Crippen LogP contribution < -0.4 is 5.38 Å². The lowest BCUT2D eigenvalue weighted by Gasteiger charge is -2.24. The van der Waals surface area contributed by atoms with E-state index in [1.54, 1.807) is 6.26 Å². The van der Waals surface area contributed by atoms with Crippen LogP contribution in [-0.4, -0.2) is 21.2 Å². The molecule has 0 fully saturated rings. The Morgan fingerprint density at radius 3 is 2.39 bits per heavy atom. The van der Waals surface area contributed by atoms with Gasteiger partial charge in [-0.1, -0.05) is 38.9 Å². The molecule has 0 aliphatic carbocycles. The molecule has 0 saturated heterocycles. The van der Waals surface area contributed by atoms with Gasteiger partial charge in [0, 0.05) is 6.42 Å². The highest BCUT2D eigenvalue weighted by atomic mass is 28.3. The summed E-state index contributed by atoms with van der Waals surface area (Å²) in [7, 11) is 0.00290. The van der Waals surface area contributed by atoms with Crippen molar-refractivity contribution in [2.45, 2.75) is 51.7 Å². The van der Waals surface area contributed by atoms with Gasteiger partial charge in [-0.05, 0) is 18.1 Å². The second-order valence-electron chi connectivity index (χ2n) is 4.74. The van der Waals surface area contributed by atoms with Crippen LogP contribution in [0.3, 0.4) is 0 Å². The second-order valence-corrected chi connectivity index (χ2v) is 9.91. The molecule has 1 aromatic heterocycles. The molecule has 3 nitrogen and oxygen atoms in total. The van der Waals surface area contributed by atoms with Crippen LogP contribution in [0.2, 0.25) is 18.1 Å². The molecule has 0 amide bonds. The highest BCUT2D eigenvalue weighted by Gasteiger charge is 2.32. The number of aryl methyl sites for hydroxylation is 1. The Morgan fingerprint density at radius 2 is 1.89 bits per heavy atom. The van der Waals surface area contributed by atoms with E-state index in [1.165, 1.54) is 30.6 Å². The van der Waals surface area contributed by atoms with Crippen molar-refractivity contribution in [3.05, 3.63) is 17.9 Å². The van der Waals surface area contributed by atoms with E-state index < -0.39 is 8.07 Å². The molecule has 0 N–H and O–H groups in total. The fraction of sp³-hybridized carbons (Fsp3) is 0.643. The van der Waals surface area contributed by atoms with Gasteiger partial charge in [-0.3, -0.25) is 4.79 Å². The summed E-state index contributed by atoms with van der Waals surface area (Å²) < 4.78 is 10.4. The van der Waals surface area contributed by atoms with E-state index in [2.05, 4.69) is 31.6 Å². The van der Waals surface area contributed by atoms with Crippen molar-refractivity contribution >= 4 is 19.4 Å². The third-order valence-electron chi connectivity index (χ3n) is 4.05. The van der Waals surface area contributed by atoms with Crippen molar-refractivity contribution in [1.29, 1.82) is 0 Å². The number of carbonyl (C=O) groups is 1. The van der Waals surface area contributed by atoms with E-state index in [4.69, 9.17) is 4.42 Å². The van der Waals surface area contributed by atoms with Crippen molar-refractivity contribution < 1.29 is 13.9 Å². The molecule has 0 radical (unpaired) electrons. The topological polar surface area (TPSA) is 39.4 Å². The Kier molecular flexibility index (Phi) is 5.66. The Labute approximate surface area is 111 Å². The molecule has 0 atom stereocenters. The summed E-state index contributed by atoms with van der Waals surface area (Å²) in [4.78, 5) is 11.1. The van der Waals surface area contributed by atoms with Gasteiger partial charge >= 0.3 is 5.97 Å². The van der Waals surface area contributed by atoms with Crippen molar-refractivity contribution in [3.63, 3.8) is 0 Å². The predicted molar refractivity (Wildman–Crippen MR) is 75.9 cm³/mol. The molecule has 0 spiro atoms. The number of furan rings is 1. The van der Waals surface area contributed by atoms with E-state index in [0.29, 0.717) is 12.8 Å². The maximum absolute atomic E-state index is 11.1. The van der Waals surface area contributed by atoms with Gasteiger partial charge < -0.3 is 9.15 Å². The van der Waals surface area contributed by atoms with Crippen LogP contribution in [0, 0.1) is 0 Å². The monoisotopic (exact) mass is 268 g/mol. The zero-order valence-corrected chi connectivity index (χ0v) is 12.9. The molecule has 4 heteroatoms. The van der Waals surface area contributed by atoms with Crippen LogP contribution in [-0.2, 0) is 16.0 Å². The lowest BCUT2D eigenvalue weighted by molar-refractivity contribution is -0.140. The van der Waals surface area contributed by atoms with Crippen molar-refractivity contribution in [2.75, 3.05) is 7.11 Å². The Morgan fingerprint density at radius 1 is 1.28 bits per heavy atom. The van der Waals surface area contributed by atoms with Crippen LogP contribution >= 0.6 is 0 Å². The number of methoxy groups -OCH3 is 1. The summed E-state index contributed by atoms with van der Waals surface area (Å²) >= 11 is 0. The van der Waals surface area contributed by atoms with Gasteiger partial charge in [0.05, 0.1) is 18.8 Å². The van der Waals surface area contributed by atoms with Crippen molar-refractivity contribution in [2.24, 2.45) is 0 Å². The molecule has 18 heavy (non-hydrogen) atoms. The van der Waals surface area contributed by atoms with Gasteiger partial charge in [0.2, 0.25) is 0 Å². The highest BCUT2D eigenvalue weighted by Crippen LogP contribution is 2.21. The van der Waals surface area contributed by atoms with E-state index in [1.807, 2.05) is 0 Å². The van der Waals surface area contributed by atoms with E-state index >= 15 is 0 Å². The zero-order chi connectivity index (χ0) is 13.6. The summed E-state index contributed by atoms with van der Waals surface area (Å²) in [5.74, 6) is -0.164. The number of rotatable bonds is 7. The fourth-order valence-corrected chi connectivity index (χ4v) is 5.75. The van der Waals surface area contributed by atoms with Gasteiger partial charge in [0.25, 0.3) is 0 Å². The molecule has 1 rings (SSSR count). The third kappa shape index (κ3) is 3.25. The van der Waals surface area contributed by atoms with Gasteiger partial charge in [0.15, 0.2) is 0 Å². The number of esters is 1. The van der Waals surface area contributed by atoms with Crippen molar-refractivity contribution in [1.82, 2.24) is 0 Å². The van der Waals surface area contributed by atoms with Gasteiger partial charge in [0.1, 0.15) is 8.07 Å². The summed E-state index contributed by atoms with van der Waals surface area (Å²) in [6, 6.07) is 5.80. The van der Waals surface area contributed by atoms with E-state index in [0.717, 1.165) is 5.56 Å². The minimum Gasteiger partial charge on any atom is -0.474 e. The first-order chi connectivity index (χ1) is 8.61. The standard InChI is InChI=1S/C14H24O3Si/c1-5-18(6-2,7-3)14-10-12(11-17-14)8-9-13(15)16-4/h10-11H,5-9H2,1-4H3. The molecule has 0 bridgehead atoms. The quantitative estimate of drug-likeness (QED) is 0.563. The molecular weight excluding hydrogens is 244 g/mol. The predicted octanol–water partition coefficient (Wildman–Crippen LogP) is 3.10. The van der Waals surface area contributed by atoms with Crippen LogP contribution in [0.4, 0.5) is 0 Å². The molecule has 0 aromatic carbocycles. The minimum absolute atomic E-state index is 0.164. The highest BCUT2D eigenvalue weighted by molar-refractivity contribution is 6.90. The average molecular weight is 268 g/mol. The van der Waals surface area contributed by atoms with Crippen molar-refractivity contribution in [3.8, 4) is 0 Å². The SMILES string of the molecule is CC[Si](CC)(CC)c1cc(CCC(=O)OC)co1. The molecule has 0 saturated carbocycles. The summed E-state index contributed by atoms with van der Waals surface area (Å²) in [6.45, 7) is 6.78. The fourth-order valence-electron chi connectivity index (χ4n) is 2.41. The smallest absolute Gasteiger partial charge is 0.305 e. The van der Waals surface area contributed by atoms with Crippen LogP contribution in [0.1, 0.15) is 32.8 Å². The average Bonchev–Trinajstić information content (AvgIpc) is 2.88. The summed E-state index contributed by atoms with van der Waals surface area (Å²) in [5.41, 5.74) is 1.11. The van der Waals surface area contributed by atoms with Gasteiger partial charge in [-0.25, -0.2) is 0 Å². The molecule has 1 heterocycles. The summed E-state index contributed by atoms with van der Waals surface area (Å²) in [5, 5.41) is 1.19. The molecule has 0 aliphatic rings. The van der Waals surface area contributed by atoms with E-state index in [-0.39, 0.29) is 5.97 Å². The first kappa shape index (κ1) is 15.0. The number of hydrogen-bond acceptors (Lipinski definition) is 3. The largest absolute Gasteiger partial charge is 0.474 e. The minimum atomic E-state index is -1.42. The first-order valence-electron chi connectivity index (χ1n) is 6.76. The molecule has 0 aliphatic heterocycles. The molecule has 0 unspecified atom stereocenters. The van der Waals surface area contributed by atoms with Crippen LogP contribution in [0.25, 0.3) is 0 Å². The Bertz CT molecular complexity index is 372. The third-order valence-corrected chi connectivity index (χ3v) is 9.42. The number of carbonyl (C=O) groups excluding carboxylic acids is 1. The molecule has 1 aromatic rings. The molecular formula is C14H24O3Si. The Hall–Kier alpha value is -1.03.